The van der Waals surface area contributed by atoms with Crippen LogP contribution in [0.4, 0.5) is 5.88 Å². The van der Waals surface area contributed by atoms with Crippen molar-refractivity contribution in [3.05, 3.63) is 46.7 Å². The highest BCUT2D eigenvalue weighted by Gasteiger charge is 2.32. The van der Waals surface area contributed by atoms with Crippen LogP contribution in [0.1, 0.15) is 72.6 Å². The number of carbonyl (C=O) groups excluding carboxylic acids is 3. The van der Waals surface area contributed by atoms with E-state index >= 15 is 0 Å². The van der Waals surface area contributed by atoms with E-state index < -0.39 is 23.9 Å². The molecule has 1 amide bonds. The molecule has 1 heterocycles. The molecule has 0 aliphatic rings. The number of esters is 2. The third-order valence-corrected chi connectivity index (χ3v) is 4.49. The molecule has 31 heavy (non-hydrogen) atoms. The summed E-state index contributed by atoms with van der Waals surface area (Å²) in [6, 6.07) is 7.46. The first-order valence-corrected chi connectivity index (χ1v) is 10.2. The molecule has 2 rings (SSSR count). The van der Waals surface area contributed by atoms with Crippen molar-refractivity contribution in [3.63, 3.8) is 0 Å². The Labute approximate surface area is 181 Å². The summed E-state index contributed by atoms with van der Waals surface area (Å²) in [4.78, 5) is 37.6. The van der Waals surface area contributed by atoms with Crippen LogP contribution in [0.25, 0.3) is 0 Å². The summed E-state index contributed by atoms with van der Waals surface area (Å²) in [5.74, 6) is -1.32. The first-order chi connectivity index (χ1) is 14.7. The van der Waals surface area contributed by atoms with Gasteiger partial charge in [0.25, 0.3) is 5.91 Å². The van der Waals surface area contributed by atoms with Crippen molar-refractivity contribution in [2.24, 2.45) is 0 Å². The fourth-order valence-electron chi connectivity index (χ4n) is 3.00. The van der Waals surface area contributed by atoms with Crippen molar-refractivity contribution in [3.8, 4) is 5.75 Å². The summed E-state index contributed by atoms with van der Waals surface area (Å²) in [5, 5.41) is 2.54. The molecule has 1 unspecified atom stereocenters. The van der Waals surface area contributed by atoms with Crippen LogP contribution in [-0.2, 0) is 14.3 Å². The number of furan rings is 1. The molecule has 1 atom stereocenters. The highest BCUT2D eigenvalue weighted by molar-refractivity contribution is 6.09. The number of amides is 1. The lowest BCUT2D eigenvalue weighted by Crippen LogP contribution is -2.31. The molecule has 2 aromatic rings. The molecule has 8 nitrogen and oxygen atoms in total. The summed E-state index contributed by atoms with van der Waals surface area (Å²) < 4.78 is 21.4. The highest BCUT2D eigenvalue weighted by Crippen LogP contribution is 2.30. The van der Waals surface area contributed by atoms with E-state index in [1.54, 1.807) is 26.8 Å². The normalized spacial score (nSPS) is 11.7. The van der Waals surface area contributed by atoms with Gasteiger partial charge in [0.1, 0.15) is 22.6 Å². The Bertz CT molecular complexity index is 945. The SMILES string of the molecule is CCOC(=O)c1c(C)oc(NC(=O)C(C)Oc2ccccc2C(C)C)c1C(=O)OCC. The molecular weight excluding hydrogens is 402 g/mol. The van der Waals surface area contributed by atoms with Crippen molar-refractivity contribution in [2.45, 2.75) is 53.6 Å². The number of rotatable bonds is 9. The number of benzene rings is 1. The second kappa shape index (κ2) is 10.7. The minimum atomic E-state index is -0.897. The van der Waals surface area contributed by atoms with Gasteiger partial charge in [0.05, 0.1) is 13.2 Å². The highest BCUT2D eigenvalue weighted by atomic mass is 16.5. The Morgan fingerprint density at radius 2 is 1.55 bits per heavy atom. The minimum absolute atomic E-state index is 0.0747. The number of hydrogen-bond donors (Lipinski definition) is 1. The van der Waals surface area contributed by atoms with Crippen LogP contribution in [0.2, 0.25) is 0 Å². The number of ether oxygens (including phenoxy) is 3. The minimum Gasteiger partial charge on any atom is -0.481 e. The molecule has 0 saturated carbocycles. The number of anilines is 1. The zero-order valence-electron chi connectivity index (χ0n) is 18.7. The van der Waals surface area contributed by atoms with Gasteiger partial charge < -0.3 is 18.6 Å². The second-order valence-electron chi connectivity index (χ2n) is 7.12. The van der Waals surface area contributed by atoms with E-state index in [0.29, 0.717) is 5.75 Å². The topological polar surface area (TPSA) is 104 Å². The van der Waals surface area contributed by atoms with Crippen molar-refractivity contribution >= 4 is 23.7 Å². The molecule has 0 aliphatic carbocycles. The van der Waals surface area contributed by atoms with Gasteiger partial charge in [-0.15, -0.1) is 0 Å². The molecular formula is C23H29NO7. The lowest BCUT2D eigenvalue weighted by atomic mass is 10.0. The molecule has 0 aliphatic heterocycles. The van der Waals surface area contributed by atoms with Gasteiger partial charge in [0.2, 0.25) is 5.88 Å². The Hall–Kier alpha value is -3.29. The zero-order chi connectivity index (χ0) is 23.1. The summed E-state index contributed by atoms with van der Waals surface area (Å²) in [5.41, 5.74) is 0.711. The lowest BCUT2D eigenvalue weighted by Gasteiger charge is -2.18. The third-order valence-electron chi connectivity index (χ3n) is 4.49. The Kier molecular flexibility index (Phi) is 8.24. The van der Waals surface area contributed by atoms with E-state index in [1.807, 2.05) is 32.0 Å². The van der Waals surface area contributed by atoms with Crippen LogP contribution < -0.4 is 10.1 Å². The first kappa shape index (κ1) is 24.0. The predicted molar refractivity (Wildman–Crippen MR) is 115 cm³/mol. The number of aryl methyl sites for hydroxylation is 1. The summed E-state index contributed by atoms with van der Waals surface area (Å²) in [7, 11) is 0. The maximum Gasteiger partial charge on any atom is 0.344 e. The summed E-state index contributed by atoms with van der Waals surface area (Å²) in [6.07, 6.45) is -0.897. The molecule has 0 bridgehead atoms. The van der Waals surface area contributed by atoms with Crippen LogP contribution >= 0.6 is 0 Å². The smallest absolute Gasteiger partial charge is 0.344 e. The van der Waals surface area contributed by atoms with Crippen molar-refractivity contribution in [1.82, 2.24) is 0 Å². The predicted octanol–water partition coefficient (Wildman–Crippen LogP) is 4.47. The van der Waals surface area contributed by atoms with E-state index in [4.69, 9.17) is 18.6 Å². The molecule has 1 N–H and O–H groups in total. The average Bonchev–Trinajstić information content (AvgIpc) is 3.04. The molecule has 1 aromatic heterocycles. The number of nitrogens with one attached hydrogen (secondary N) is 1. The van der Waals surface area contributed by atoms with Crippen molar-refractivity contribution < 1.29 is 33.0 Å². The Morgan fingerprint density at radius 3 is 2.13 bits per heavy atom. The van der Waals surface area contributed by atoms with Gasteiger partial charge >= 0.3 is 11.9 Å². The van der Waals surface area contributed by atoms with E-state index in [1.165, 1.54) is 6.92 Å². The maximum absolute atomic E-state index is 12.8. The first-order valence-electron chi connectivity index (χ1n) is 10.2. The van der Waals surface area contributed by atoms with E-state index in [-0.39, 0.29) is 41.9 Å². The number of carbonyl (C=O) groups is 3. The molecule has 1 aromatic carbocycles. The van der Waals surface area contributed by atoms with Crippen molar-refractivity contribution in [2.75, 3.05) is 18.5 Å². The molecule has 0 saturated heterocycles. The summed E-state index contributed by atoms with van der Waals surface area (Å²) in [6.45, 7) is 10.6. The zero-order valence-corrected chi connectivity index (χ0v) is 18.7. The number of hydrogen-bond acceptors (Lipinski definition) is 7. The Balaban J connectivity index is 2.30. The van der Waals surface area contributed by atoms with Gasteiger partial charge in [0, 0.05) is 0 Å². The largest absolute Gasteiger partial charge is 0.481 e. The monoisotopic (exact) mass is 431 g/mol. The molecule has 0 spiro atoms. The van der Waals surface area contributed by atoms with Gasteiger partial charge in [-0.2, -0.15) is 0 Å². The molecule has 8 heteroatoms. The van der Waals surface area contributed by atoms with E-state index in [2.05, 4.69) is 5.32 Å². The van der Waals surface area contributed by atoms with Crippen LogP contribution in [-0.4, -0.2) is 37.2 Å². The van der Waals surface area contributed by atoms with Gasteiger partial charge in [-0.3, -0.25) is 10.1 Å². The molecule has 168 valence electrons. The van der Waals surface area contributed by atoms with Crippen LogP contribution in [0.15, 0.2) is 28.7 Å². The van der Waals surface area contributed by atoms with Crippen molar-refractivity contribution in [1.29, 1.82) is 0 Å². The van der Waals surface area contributed by atoms with Crippen LogP contribution in [0.3, 0.4) is 0 Å². The van der Waals surface area contributed by atoms with E-state index in [0.717, 1.165) is 5.56 Å². The summed E-state index contributed by atoms with van der Waals surface area (Å²) >= 11 is 0. The third kappa shape index (κ3) is 5.65. The fourth-order valence-corrected chi connectivity index (χ4v) is 3.00. The quantitative estimate of drug-likeness (QED) is 0.584. The Morgan fingerprint density at radius 1 is 0.968 bits per heavy atom. The van der Waals surface area contributed by atoms with Crippen LogP contribution in [0.5, 0.6) is 5.75 Å². The number of para-hydroxylation sites is 1. The lowest BCUT2D eigenvalue weighted by molar-refractivity contribution is -0.122. The fraction of sp³-hybridized carbons (Fsp3) is 0.435. The van der Waals surface area contributed by atoms with Gasteiger partial charge in [-0.05, 0) is 45.2 Å². The van der Waals surface area contributed by atoms with Gasteiger partial charge in [-0.25, -0.2) is 9.59 Å². The standard InChI is InChI=1S/C23H29NO7/c1-7-28-22(26)18-14(5)31-21(19(18)23(27)29-8-2)24-20(25)15(6)30-17-12-10-9-11-16(17)13(3)4/h9-13,15H,7-8H2,1-6H3,(H,24,25). The van der Waals surface area contributed by atoms with E-state index in [9.17, 15) is 14.4 Å². The van der Waals surface area contributed by atoms with Gasteiger partial charge in [0.15, 0.2) is 6.10 Å². The van der Waals surface area contributed by atoms with Crippen LogP contribution in [0, 0.1) is 6.92 Å². The van der Waals surface area contributed by atoms with Gasteiger partial charge in [-0.1, -0.05) is 32.0 Å². The molecule has 0 fully saturated rings. The maximum atomic E-state index is 12.8. The average molecular weight is 431 g/mol. The molecule has 0 radical (unpaired) electrons. The second-order valence-corrected chi connectivity index (χ2v) is 7.12.